The van der Waals surface area contributed by atoms with Crippen molar-refractivity contribution in [3.8, 4) is 11.3 Å². The van der Waals surface area contributed by atoms with Gasteiger partial charge in [-0.05, 0) is 42.3 Å². The van der Waals surface area contributed by atoms with Crippen LogP contribution >= 0.6 is 0 Å². The van der Waals surface area contributed by atoms with Gasteiger partial charge in [-0.1, -0.05) is 24.3 Å². The van der Waals surface area contributed by atoms with Crippen LogP contribution in [0.2, 0.25) is 0 Å². The van der Waals surface area contributed by atoms with E-state index in [0.29, 0.717) is 12.4 Å². The zero-order valence-corrected chi connectivity index (χ0v) is 11.8. The van der Waals surface area contributed by atoms with E-state index < -0.39 is 0 Å². The van der Waals surface area contributed by atoms with E-state index in [1.54, 1.807) is 16.8 Å². The van der Waals surface area contributed by atoms with E-state index in [1.165, 1.54) is 23.3 Å². The monoisotopic (exact) mass is 281 g/mol. The van der Waals surface area contributed by atoms with Gasteiger partial charge in [0.25, 0.3) is 0 Å². The Labute approximate surface area is 122 Å². The van der Waals surface area contributed by atoms with E-state index >= 15 is 0 Å². The highest BCUT2D eigenvalue weighted by Crippen LogP contribution is 2.21. The average Bonchev–Trinajstić information content (AvgIpc) is 2.83. The molecule has 0 aliphatic carbocycles. The molecule has 0 unspecified atom stereocenters. The van der Waals surface area contributed by atoms with Crippen molar-refractivity contribution >= 4 is 5.82 Å². The molecule has 1 heterocycles. The Kier molecular flexibility index (Phi) is 3.44. The molecule has 106 valence electrons. The van der Waals surface area contributed by atoms with Gasteiger partial charge in [-0.15, -0.1) is 0 Å². The number of benzene rings is 2. The van der Waals surface area contributed by atoms with Crippen LogP contribution in [-0.2, 0) is 6.54 Å². The van der Waals surface area contributed by atoms with Crippen LogP contribution in [-0.4, -0.2) is 9.78 Å². The number of hydrogen-bond donors (Lipinski definition) is 1. The van der Waals surface area contributed by atoms with Gasteiger partial charge in [-0.3, -0.25) is 0 Å². The van der Waals surface area contributed by atoms with Crippen LogP contribution in [0.1, 0.15) is 11.1 Å². The molecule has 4 heteroatoms. The summed E-state index contributed by atoms with van der Waals surface area (Å²) in [5, 5.41) is 4.52. The highest BCUT2D eigenvalue weighted by molar-refractivity contribution is 5.62. The number of halogens is 1. The minimum atomic E-state index is -0.258. The van der Waals surface area contributed by atoms with Gasteiger partial charge in [-0.2, -0.15) is 5.10 Å². The van der Waals surface area contributed by atoms with Crippen LogP contribution in [0, 0.1) is 12.7 Å². The zero-order valence-electron chi connectivity index (χ0n) is 11.8. The van der Waals surface area contributed by atoms with Gasteiger partial charge in [0.15, 0.2) is 0 Å². The van der Waals surface area contributed by atoms with Gasteiger partial charge in [-0.25, -0.2) is 9.07 Å². The van der Waals surface area contributed by atoms with Gasteiger partial charge >= 0.3 is 0 Å². The molecule has 1 aromatic heterocycles. The maximum atomic E-state index is 13.0. The summed E-state index contributed by atoms with van der Waals surface area (Å²) in [7, 11) is 0. The molecule has 0 aliphatic rings. The first-order valence-electron chi connectivity index (χ1n) is 6.77. The molecule has 2 N–H and O–H groups in total. The second-order valence-electron chi connectivity index (χ2n) is 5.05. The third-order valence-corrected chi connectivity index (χ3v) is 3.53. The third kappa shape index (κ3) is 2.79. The second kappa shape index (κ2) is 5.40. The Morgan fingerprint density at radius 2 is 1.81 bits per heavy atom. The van der Waals surface area contributed by atoms with Gasteiger partial charge in [0.2, 0.25) is 0 Å². The molecule has 0 spiro atoms. The predicted octanol–water partition coefficient (Wildman–Crippen LogP) is 3.63. The number of aryl methyl sites for hydroxylation is 1. The fourth-order valence-electron chi connectivity index (χ4n) is 2.27. The molecule has 0 saturated heterocycles. The fourth-order valence-corrected chi connectivity index (χ4v) is 2.27. The quantitative estimate of drug-likeness (QED) is 0.796. The van der Waals surface area contributed by atoms with E-state index in [9.17, 15) is 4.39 Å². The maximum Gasteiger partial charge on any atom is 0.123 e. The average molecular weight is 281 g/mol. The molecule has 0 radical (unpaired) electrons. The highest BCUT2D eigenvalue weighted by Gasteiger charge is 2.08. The largest absolute Gasteiger partial charge is 0.384 e. The van der Waals surface area contributed by atoms with Crippen molar-refractivity contribution in [1.82, 2.24) is 9.78 Å². The van der Waals surface area contributed by atoms with Crippen LogP contribution in [0.25, 0.3) is 11.3 Å². The molecule has 3 nitrogen and oxygen atoms in total. The summed E-state index contributed by atoms with van der Waals surface area (Å²) in [4.78, 5) is 0. The number of anilines is 1. The highest BCUT2D eigenvalue weighted by atomic mass is 19.1. The number of nitrogens with zero attached hydrogens (tertiary/aromatic N) is 2. The van der Waals surface area contributed by atoms with Crippen LogP contribution in [0.3, 0.4) is 0 Å². The van der Waals surface area contributed by atoms with E-state index in [0.717, 1.165) is 11.3 Å². The first-order chi connectivity index (χ1) is 10.1. The lowest BCUT2D eigenvalue weighted by atomic mass is 10.1. The Morgan fingerprint density at radius 3 is 2.52 bits per heavy atom. The Bertz CT molecular complexity index is 760. The zero-order chi connectivity index (χ0) is 14.8. The summed E-state index contributed by atoms with van der Waals surface area (Å²) >= 11 is 0. The van der Waals surface area contributed by atoms with E-state index in [-0.39, 0.29) is 5.82 Å². The van der Waals surface area contributed by atoms with Crippen LogP contribution in [0.5, 0.6) is 0 Å². The Morgan fingerprint density at radius 1 is 1.10 bits per heavy atom. The normalized spacial score (nSPS) is 10.8. The molecule has 3 aromatic rings. The molecular weight excluding hydrogens is 265 g/mol. The van der Waals surface area contributed by atoms with Gasteiger partial charge < -0.3 is 5.73 Å². The lowest BCUT2D eigenvalue weighted by molar-refractivity contribution is 0.628. The fraction of sp³-hybridized carbons (Fsp3) is 0.118. The number of nitrogens with two attached hydrogens (primary N) is 1. The maximum absolute atomic E-state index is 13.0. The molecule has 0 aliphatic heterocycles. The SMILES string of the molecule is Cc1ccccc1Cn1nc(-c2ccc(F)cc2)cc1N. The number of aromatic nitrogens is 2. The molecule has 2 aromatic carbocycles. The standard InChI is InChI=1S/C17H16FN3/c1-12-4-2-3-5-14(12)11-21-17(19)10-16(20-21)13-6-8-15(18)9-7-13/h2-10H,11,19H2,1H3. The lowest BCUT2D eigenvalue weighted by Crippen LogP contribution is -2.06. The van der Waals surface area contributed by atoms with Crippen molar-refractivity contribution < 1.29 is 4.39 Å². The van der Waals surface area contributed by atoms with E-state index in [1.807, 2.05) is 18.2 Å². The molecule has 0 fully saturated rings. The Balaban J connectivity index is 1.91. The Hall–Kier alpha value is -2.62. The second-order valence-corrected chi connectivity index (χ2v) is 5.05. The summed E-state index contributed by atoms with van der Waals surface area (Å²) < 4.78 is 14.7. The molecule has 0 saturated carbocycles. The van der Waals surface area contributed by atoms with Crippen LogP contribution in [0.4, 0.5) is 10.2 Å². The number of nitrogen functional groups attached to an aromatic ring is 1. The summed E-state index contributed by atoms with van der Waals surface area (Å²) in [6.45, 7) is 2.69. The molecule has 0 amide bonds. The molecule has 21 heavy (non-hydrogen) atoms. The summed E-state index contributed by atoms with van der Waals surface area (Å²) in [6, 6.07) is 16.2. The minimum Gasteiger partial charge on any atom is -0.384 e. The van der Waals surface area contributed by atoms with Gasteiger partial charge in [0.05, 0.1) is 12.2 Å². The first kappa shape index (κ1) is 13.4. The van der Waals surface area contributed by atoms with Gasteiger partial charge in [0, 0.05) is 11.6 Å². The topological polar surface area (TPSA) is 43.8 Å². The van der Waals surface area contributed by atoms with Crippen molar-refractivity contribution in [2.75, 3.05) is 5.73 Å². The van der Waals surface area contributed by atoms with Crippen molar-refractivity contribution in [3.63, 3.8) is 0 Å². The summed E-state index contributed by atoms with van der Waals surface area (Å²) in [6.07, 6.45) is 0. The molecule has 0 bridgehead atoms. The summed E-state index contributed by atoms with van der Waals surface area (Å²) in [5.74, 6) is 0.337. The van der Waals surface area contributed by atoms with Crippen molar-refractivity contribution in [2.24, 2.45) is 0 Å². The third-order valence-electron chi connectivity index (χ3n) is 3.53. The van der Waals surface area contributed by atoms with Crippen LogP contribution in [0.15, 0.2) is 54.6 Å². The van der Waals surface area contributed by atoms with Crippen molar-refractivity contribution in [2.45, 2.75) is 13.5 Å². The molecule has 3 rings (SSSR count). The number of rotatable bonds is 3. The van der Waals surface area contributed by atoms with E-state index in [2.05, 4.69) is 24.2 Å². The van der Waals surface area contributed by atoms with Gasteiger partial charge in [0.1, 0.15) is 11.6 Å². The first-order valence-corrected chi connectivity index (χ1v) is 6.77. The van der Waals surface area contributed by atoms with E-state index in [4.69, 9.17) is 5.73 Å². The molecule has 0 atom stereocenters. The molecular formula is C17H16FN3. The minimum absolute atomic E-state index is 0.258. The predicted molar refractivity (Wildman–Crippen MR) is 82.3 cm³/mol. The van der Waals surface area contributed by atoms with Crippen LogP contribution < -0.4 is 5.73 Å². The van der Waals surface area contributed by atoms with Crippen molar-refractivity contribution in [3.05, 3.63) is 71.5 Å². The summed E-state index contributed by atoms with van der Waals surface area (Å²) in [5.41, 5.74) is 10.0. The number of hydrogen-bond acceptors (Lipinski definition) is 2. The smallest absolute Gasteiger partial charge is 0.123 e. The lowest BCUT2D eigenvalue weighted by Gasteiger charge is -2.07. The van der Waals surface area contributed by atoms with Crippen molar-refractivity contribution in [1.29, 1.82) is 0 Å².